The summed E-state index contributed by atoms with van der Waals surface area (Å²) in [5.74, 6) is -1.18. The van der Waals surface area contributed by atoms with Crippen LogP contribution in [0.1, 0.15) is 11.1 Å². The van der Waals surface area contributed by atoms with Gasteiger partial charge in [-0.2, -0.15) is 23.5 Å². The molecule has 32 heavy (non-hydrogen) atoms. The van der Waals surface area contributed by atoms with Crippen LogP contribution in [0.25, 0.3) is 16.6 Å². The van der Waals surface area contributed by atoms with Crippen molar-refractivity contribution < 1.29 is 27.4 Å². The number of hydrogen-bond donors (Lipinski definition) is 1. The number of fused-ring (bicyclic) bond motifs is 1. The van der Waals surface area contributed by atoms with Crippen molar-refractivity contribution in [2.45, 2.75) is 11.8 Å². The minimum atomic E-state index is -5.08. The van der Waals surface area contributed by atoms with E-state index >= 15 is 0 Å². The molecular formula is C23H15F4N3O2. The summed E-state index contributed by atoms with van der Waals surface area (Å²) in [6.45, 7) is -1.21. The van der Waals surface area contributed by atoms with E-state index in [9.17, 15) is 22.7 Å². The van der Waals surface area contributed by atoms with Crippen molar-refractivity contribution in [3.63, 3.8) is 0 Å². The Morgan fingerprint density at radius 2 is 1.78 bits per heavy atom. The third kappa shape index (κ3) is 3.76. The second kappa shape index (κ2) is 7.98. The number of halogens is 4. The smallest absolute Gasteiger partial charge is 0.424 e. The van der Waals surface area contributed by atoms with Crippen LogP contribution in [-0.2, 0) is 5.60 Å². The van der Waals surface area contributed by atoms with Crippen LogP contribution in [0.5, 0.6) is 5.75 Å². The van der Waals surface area contributed by atoms with Gasteiger partial charge in [0.1, 0.15) is 24.2 Å². The number of benzene rings is 3. The maximum absolute atomic E-state index is 13.9. The van der Waals surface area contributed by atoms with Crippen molar-refractivity contribution in [1.82, 2.24) is 9.78 Å². The second-order valence-electron chi connectivity index (χ2n) is 7.07. The molecule has 0 saturated carbocycles. The molecule has 0 aliphatic carbocycles. The van der Waals surface area contributed by atoms with E-state index in [0.29, 0.717) is 10.9 Å². The maximum Gasteiger partial charge on any atom is 0.424 e. The van der Waals surface area contributed by atoms with Gasteiger partial charge in [0, 0.05) is 11.5 Å². The molecule has 4 aromatic rings. The summed E-state index contributed by atoms with van der Waals surface area (Å²) in [4.78, 5) is 0. The number of rotatable bonds is 5. The molecule has 1 N–H and O–H groups in total. The summed E-state index contributed by atoms with van der Waals surface area (Å²) >= 11 is 0. The van der Waals surface area contributed by atoms with Gasteiger partial charge in [-0.25, -0.2) is 9.07 Å². The molecule has 9 heteroatoms. The second-order valence-corrected chi connectivity index (χ2v) is 7.07. The molecule has 0 spiro atoms. The van der Waals surface area contributed by atoms with Crippen molar-refractivity contribution in [2.75, 3.05) is 6.61 Å². The Morgan fingerprint density at radius 3 is 2.44 bits per heavy atom. The first-order valence-corrected chi connectivity index (χ1v) is 9.38. The zero-order valence-electron chi connectivity index (χ0n) is 16.3. The van der Waals surface area contributed by atoms with Crippen molar-refractivity contribution in [2.24, 2.45) is 0 Å². The highest BCUT2D eigenvalue weighted by Gasteiger charge is 2.56. The lowest BCUT2D eigenvalue weighted by Crippen LogP contribution is -2.47. The van der Waals surface area contributed by atoms with Gasteiger partial charge < -0.3 is 9.84 Å². The minimum absolute atomic E-state index is 0.248. The molecule has 3 aromatic carbocycles. The van der Waals surface area contributed by atoms with E-state index in [0.717, 1.165) is 30.0 Å². The molecule has 5 nitrogen and oxygen atoms in total. The molecule has 1 unspecified atom stereocenters. The fraction of sp³-hybridized carbons (Fsp3) is 0.130. The third-order valence-corrected chi connectivity index (χ3v) is 5.02. The molecular weight excluding hydrogens is 426 g/mol. The van der Waals surface area contributed by atoms with Gasteiger partial charge in [0.25, 0.3) is 0 Å². The summed E-state index contributed by atoms with van der Waals surface area (Å²) in [7, 11) is 0. The Kier molecular flexibility index (Phi) is 5.32. The Morgan fingerprint density at radius 1 is 1.03 bits per heavy atom. The van der Waals surface area contributed by atoms with Crippen LogP contribution in [0.3, 0.4) is 0 Å². The van der Waals surface area contributed by atoms with E-state index in [1.165, 1.54) is 18.3 Å². The normalized spacial score (nSPS) is 13.5. The molecule has 0 aliphatic rings. The Hall–Kier alpha value is -3.90. The summed E-state index contributed by atoms with van der Waals surface area (Å²) < 4.78 is 62.1. The highest BCUT2D eigenvalue weighted by Crippen LogP contribution is 2.40. The fourth-order valence-electron chi connectivity index (χ4n) is 3.26. The van der Waals surface area contributed by atoms with Gasteiger partial charge in [0.05, 0.1) is 23.0 Å². The Labute approximate surface area is 179 Å². The van der Waals surface area contributed by atoms with Crippen molar-refractivity contribution >= 4 is 10.9 Å². The number of nitrogens with zero attached hydrogens (tertiary/aromatic N) is 3. The van der Waals surface area contributed by atoms with Gasteiger partial charge >= 0.3 is 6.18 Å². The summed E-state index contributed by atoms with van der Waals surface area (Å²) in [5.41, 5.74) is -2.80. The maximum atomic E-state index is 13.9. The van der Waals surface area contributed by atoms with Crippen LogP contribution in [0.2, 0.25) is 0 Å². The Balaban J connectivity index is 1.68. The van der Waals surface area contributed by atoms with Gasteiger partial charge in [-0.1, -0.05) is 24.3 Å². The number of alkyl halides is 3. The molecule has 0 amide bonds. The first-order chi connectivity index (χ1) is 15.2. The Bertz CT molecular complexity index is 1310. The molecule has 0 fully saturated rings. The van der Waals surface area contributed by atoms with Crippen LogP contribution in [0.15, 0.2) is 72.9 Å². The molecule has 1 aromatic heterocycles. The lowest BCUT2D eigenvalue weighted by Gasteiger charge is -2.30. The monoisotopic (exact) mass is 441 g/mol. The number of aliphatic hydroxyl groups is 1. The number of aromatic nitrogens is 2. The lowest BCUT2D eigenvalue weighted by atomic mass is 9.93. The summed E-state index contributed by atoms with van der Waals surface area (Å²) in [5, 5.41) is 24.0. The number of ether oxygens (including phenoxy) is 1. The highest BCUT2D eigenvalue weighted by molar-refractivity contribution is 5.81. The molecule has 162 valence electrons. The van der Waals surface area contributed by atoms with Crippen LogP contribution in [0, 0.1) is 17.1 Å². The first-order valence-electron chi connectivity index (χ1n) is 9.38. The van der Waals surface area contributed by atoms with E-state index in [1.807, 2.05) is 18.2 Å². The largest absolute Gasteiger partial charge is 0.490 e. The van der Waals surface area contributed by atoms with E-state index < -0.39 is 29.8 Å². The fourth-order valence-corrected chi connectivity index (χ4v) is 3.26. The third-order valence-electron chi connectivity index (χ3n) is 5.02. The van der Waals surface area contributed by atoms with Crippen LogP contribution >= 0.6 is 0 Å². The van der Waals surface area contributed by atoms with Crippen molar-refractivity contribution in [3.05, 3.63) is 89.9 Å². The lowest BCUT2D eigenvalue weighted by molar-refractivity contribution is -0.275. The molecule has 0 aliphatic heterocycles. The predicted molar refractivity (Wildman–Crippen MR) is 108 cm³/mol. The van der Waals surface area contributed by atoms with Crippen LogP contribution < -0.4 is 4.74 Å². The van der Waals surface area contributed by atoms with Gasteiger partial charge in [0.15, 0.2) is 0 Å². The van der Waals surface area contributed by atoms with Gasteiger partial charge in [0.2, 0.25) is 5.60 Å². The highest BCUT2D eigenvalue weighted by atomic mass is 19.4. The van der Waals surface area contributed by atoms with E-state index in [4.69, 9.17) is 10.00 Å². The molecule has 1 atom stereocenters. The number of nitriles is 1. The SMILES string of the molecule is N#Cc1ccc(OCC(O)(c2ccc3c(cnn3-c3ccccc3)c2)C(F)(F)F)cc1F. The topological polar surface area (TPSA) is 71.1 Å². The number of para-hydroxylation sites is 1. The quantitative estimate of drug-likeness (QED) is 0.449. The van der Waals surface area contributed by atoms with Crippen LogP contribution in [-0.4, -0.2) is 27.7 Å². The molecule has 4 rings (SSSR count). The minimum Gasteiger partial charge on any atom is -0.490 e. The standard InChI is InChI=1S/C23H15F4N3O2/c24-20-11-19(8-6-15(20)12-28)32-14-22(31,23(25,26)27)17-7-9-21-16(10-17)13-29-30(21)18-4-2-1-3-5-18/h1-11,13,31H,14H2. The predicted octanol–water partition coefficient (Wildman–Crippen LogP) is 4.87. The zero-order valence-corrected chi connectivity index (χ0v) is 16.3. The first kappa shape index (κ1) is 21.3. The van der Waals surface area contributed by atoms with E-state index in [2.05, 4.69) is 5.10 Å². The van der Waals surface area contributed by atoms with Crippen LogP contribution in [0.4, 0.5) is 17.6 Å². The average Bonchev–Trinajstić information content (AvgIpc) is 3.20. The van der Waals surface area contributed by atoms with Crippen molar-refractivity contribution in [3.8, 4) is 17.5 Å². The van der Waals surface area contributed by atoms with Gasteiger partial charge in [-0.3, -0.25) is 0 Å². The summed E-state index contributed by atoms with van der Waals surface area (Å²) in [6, 6.07) is 17.5. The average molecular weight is 441 g/mol. The van der Waals surface area contributed by atoms with Gasteiger partial charge in [-0.15, -0.1) is 0 Å². The van der Waals surface area contributed by atoms with E-state index in [-0.39, 0.29) is 11.3 Å². The zero-order chi connectivity index (χ0) is 22.9. The molecule has 0 saturated heterocycles. The summed E-state index contributed by atoms with van der Waals surface area (Å²) in [6.07, 6.45) is -3.68. The molecule has 0 bridgehead atoms. The molecule has 0 radical (unpaired) electrons. The van der Waals surface area contributed by atoms with Crippen molar-refractivity contribution in [1.29, 1.82) is 5.26 Å². The van der Waals surface area contributed by atoms with E-state index in [1.54, 1.807) is 22.9 Å². The molecule has 1 heterocycles. The number of hydrogen-bond acceptors (Lipinski definition) is 4. The van der Waals surface area contributed by atoms with Gasteiger partial charge in [-0.05, 0) is 42.0 Å².